The van der Waals surface area contributed by atoms with Crippen LogP contribution in [0.1, 0.15) is 17.7 Å². The normalized spacial score (nSPS) is 26.0. The molecule has 1 amide bonds. The quantitative estimate of drug-likeness (QED) is 0.550. The number of carboxylic acid groups (broad SMARTS) is 1. The molecule has 120 valence electrons. The van der Waals surface area contributed by atoms with Crippen LogP contribution in [0.2, 0.25) is 0 Å². The summed E-state index contributed by atoms with van der Waals surface area (Å²) in [6.45, 7) is 0.477. The lowest BCUT2D eigenvalue weighted by atomic mass is 10.0. The van der Waals surface area contributed by atoms with Gasteiger partial charge in [-0.2, -0.15) is 4.57 Å². The van der Waals surface area contributed by atoms with Crippen LogP contribution in [0, 0.1) is 0 Å². The molecule has 2 atom stereocenters. The lowest BCUT2D eigenvalue weighted by Crippen LogP contribution is -2.69. The van der Waals surface area contributed by atoms with Crippen LogP contribution >= 0.6 is 11.8 Å². The zero-order valence-electron chi connectivity index (χ0n) is 12.5. The Morgan fingerprint density at radius 1 is 1.48 bits per heavy atom. The molecule has 7 heteroatoms. The molecule has 4 rings (SSSR count). The number of hydrogen-bond donors (Lipinski definition) is 1. The minimum Gasteiger partial charge on any atom is -0.543 e. The first-order valence-electron chi connectivity index (χ1n) is 7.72. The number of nitrogens with two attached hydrogens (primary N) is 1. The minimum atomic E-state index is -1.29. The van der Waals surface area contributed by atoms with Gasteiger partial charge >= 0.3 is 0 Å². The van der Waals surface area contributed by atoms with Gasteiger partial charge in [-0.3, -0.25) is 9.69 Å². The summed E-state index contributed by atoms with van der Waals surface area (Å²) in [4.78, 5) is 24.9. The summed E-state index contributed by atoms with van der Waals surface area (Å²) in [5.74, 6) is -1.07. The fourth-order valence-electron chi connectivity index (χ4n) is 3.66. The Kier molecular flexibility index (Phi) is 3.42. The maximum absolute atomic E-state index is 12.0. The molecular weight excluding hydrogens is 314 g/mol. The highest BCUT2D eigenvalue weighted by atomic mass is 32.2. The molecule has 23 heavy (non-hydrogen) atoms. The summed E-state index contributed by atoms with van der Waals surface area (Å²) in [7, 11) is 0. The Labute approximate surface area is 138 Å². The summed E-state index contributed by atoms with van der Waals surface area (Å²) < 4.78 is 2.10. The largest absolute Gasteiger partial charge is 0.543 e. The molecule has 0 radical (unpaired) electrons. The van der Waals surface area contributed by atoms with Crippen molar-refractivity contribution in [3.8, 4) is 0 Å². The third-order valence-corrected chi connectivity index (χ3v) is 6.14. The van der Waals surface area contributed by atoms with E-state index in [2.05, 4.69) is 10.6 Å². The van der Waals surface area contributed by atoms with Crippen LogP contribution in [-0.2, 0) is 29.0 Å². The van der Waals surface area contributed by atoms with Gasteiger partial charge in [-0.1, -0.05) is 0 Å². The van der Waals surface area contributed by atoms with Crippen LogP contribution < -0.4 is 15.4 Å². The molecule has 0 aromatic carbocycles. The van der Waals surface area contributed by atoms with Crippen molar-refractivity contribution >= 4 is 23.6 Å². The van der Waals surface area contributed by atoms with Gasteiger partial charge in [-0.25, -0.2) is 0 Å². The number of β-lactam (4-membered cyclic amide) rings is 1. The average molecular weight is 331 g/mol. The predicted octanol–water partition coefficient (Wildman–Crippen LogP) is -1.29. The fraction of sp³-hybridized carbons (Fsp3) is 0.438. The van der Waals surface area contributed by atoms with E-state index in [-0.39, 0.29) is 17.0 Å². The van der Waals surface area contributed by atoms with Gasteiger partial charge in [0.25, 0.3) is 0 Å². The summed E-state index contributed by atoms with van der Waals surface area (Å²) in [6.07, 6.45) is 5.18. The topological polar surface area (TPSA) is 90.3 Å². The van der Waals surface area contributed by atoms with Gasteiger partial charge in [0.2, 0.25) is 5.91 Å². The standard InChI is InChI=1S/C16H17N3O3S/c17-12-14(20)19-13(16(21)22)10(8-23-15(12)19)7-18-6-2-4-9-3-1-5-11(9)18/h2,4,6,12,15H,1,3,5,7-8,17H2/t12-,15-/m1/s1. The molecule has 1 aromatic heterocycles. The Morgan fingerprint density at radius 3 is 3.09 bits per heavy atom. The molecule has 0 bridgehead atoms. The van der Waals surface area contributed by atoms with E-state index in [4.69, 9.17) is 5.73 Å². The molecule has 1 aliphatic carbocycles. The highest BCUT2D eigenvalue weighted by molar-refractivity contribution is 8.00. The third-order valence-electron chi connectivity index (χ3n) is 4.78. The molecule has 3 aliphatic rings. The van der Waals surface area contributed by atoms with Gasteiger partial charge in [0.1, 0.15) is 11.4 Å². The number of carbonyl (C=O) groups is 2. The number of thioether (sulfide) groups is 1. The molecule has 0 saturated carbocycles. The van der Waals surface area contributed by atoms with Crippen molar-refractivity contribution in [2.75, 3.05) is 5.75 Å². The van der Waals surface area contributed by atoms with Crippen molar-refractivity contribution in [2.45, 2.75) is 37.2 Å². The number of nitrogens with zero attached hydrogens (tertiary/aromatic N) is 2. The van der Waals surface area contributed by atoms with E-state index >= 15 is 0 Å². The zero-order chi connectivity index (χ0) is 16.1. The number of fused-ring (bicyclic) bond motifs is 2. The maximum atomic E-state index is 12.0. The highest BCUT2D eigenvalue weighted by Gasteiger charge is 2.50. The number of carbonyl (C=O) groups excluding carboxylic acids is 2. The van der Waals surface area contributed by atoms with E-state index < -0.39 is 12.0 Å². The average Bonchev–Trinajstić information content (AvgIpc) is 3.03. The Hall–Kier alpha value is -1.86. The second-order valence-corrected chi connectivity index (χ2v) is 7.24. The molecule has 2 aliphatic heterocycles. The molecule has 2 N–H and O–H groups in total. The van der Waals surface area contributed by atoms with E-state index in [0.717, 1.165) is 24.8 Å². The number of rotatable bonds is 3. The monoisotopic (exact) mass is 331 g/mol. The molecule has 1 fully saturated rings. The van der Waals surface area contributed by atoms with E-state index in [0.29, 0.717) is 12.3 Å². The first-order valence-corrected chi connectivity index (χ1v) is 8.76. The van der Waals surface area contributed by atoms with Crippen LogP contribution in [0.25, 0.3) is 0 Å². The third kappa shape index (κ3) is 2.18. The van der Waals surface area contributed by atoms with E-state index in [1.165, 1.54) is 27.9 Å². The number of aromatic nitrogens is 1. The number of carboxylic acids is 1. The number of amides is 1. The lowest BCUT2D eigenvalue weighted by Gasteiger charge is -2.49. The van der Waals surface area contributed by atoms with Crippen molar-refractivity contribution < 1.29 is 19.3 Å². The Morgan fingerprint density at radius 2 is 2.30 bits per heavy atom. The van der Waals surface area contributed by atoms with Crippen LogP contribution in [-0.4, -0.2) is 33.9 Å². The smallest absolute Gasteiger partial charge is 0.248 e. The van der Waals surface area contributed by atoms with Crippen LogP contribution in [0.4, 0.5) is 0 Å². The van der Waals surface area contributed by atoms with Gasteiger partial charge in [-0.15, -0.1) is 11.8 Å². The second-order valence-electron chi connectivity index (χ2n) is 6.14. The summed E-state index contributed by atoms with van der Waals surface area (Å²) in [5, 5.41) is 11.3. The molecule has 3 heterocycles. The lowest BCUT2D eigenvalue weighted by molar-refractivity contribution is -0.696. The molecule has 0 unspecified atom stereocenters. The SMILES string of the molecule is N[C@@H]1C(=O)N2C(C(=O)[O-])=C(C[n+]3cccc4c3CCC4)CS[C@H]12. The van der Waals surface area contributed by atoms with Gasteiger partial charge < -0.3 is 15.6 Å². The predicted molar refractivity (Wildman–Crippen MR) is 81.8 cm³/mol. The Bertz CT molecular complexity index is 746. The fourth-order valence-corrected chi connectivity index (χ4v) is 4.94. The minimum absolute atomic E-state index is 0.0172. The number of hydrogen-bond acceptors (Lipinski definition) is 5. The second kappa shape index (κ2) is 5.35. The van der Waals surface area contributed by atoms with E-state index in [9.17, 15) is 14.7 Å². The summed E-state index contributed by atoms with van der Waals surface area (Å²) >= 11 is 1.52. The highest BCUT2D eigenvalue weighted by Crippen LogP contribution is 2.39. The molecule has 6 nitrogen and oxygen atoms in total. The van der Waals surface area contributed by atoms with Gasteiger partial charge in [0.05, 0.1) is 11.7 Å². The number of aryl methyl sites for hydroxylation is 1. The van der Waals surface area contributed by atoms with Gasteiger partial charge in [-0.05, 0) is 18.9 Å². The van der Waals surface area contributed by atoms with Crippen molar-refractivity contribution in [1.29, 1.82) is 0 Å². The van der Waals surface area contributed by atoms with E-state index in [1.807, 2.05) is 12.3 Å². The summed E-state index contributed by atoms with van der Waals surface area (Å²) in [6, 6.07) is 3.51. The van der Waals surface area contributed by atoms with Crippen LogP contribution in [0.5, 0.6) is 0 Å². The van der Waals surface area contributed by atoms with E-state index in [1.54, 1.807) is 0 Å². The summed E-state index contributed by atoms with van der Waals surface area (Å²) in [5.41, 5.74) is 9.08. The molecular formula is C16H17N3O3S. The Balaban J connectivity index is 1.71. The van der Waals surface area contributed by atoms with Crippen molar-refractivity contribution in [2.24, 2.45) is 5.73 Å². The van der Waals surface area contributed by atoms with Crippen LogP contribution in [0.3, 0.4) is 0 Å². The number of aliphatic carboxylic acids is 1. The van der Waals surface area contributed by atoms with Crippen molar-refractivity contribution in [3.05, 3.63) is 40.9 Å². The first kappa shape index (κ1) is 14.7. The maximum Gasteiger partial charge on any atom is 0.248 e. The van der Waals surface area contributed by atoms with Crippen molar-refractivity contribution in [1.82, 2.24) is 4.90 Å². The first-order chi connectivity index (χ1) is 11.1. The molecule has 1 aromatic rings. The van der Waals surface area contributed by atoms with Gasteiger partial charge in [0, 0.05) is 29.4 Å². The zero-order valence-corrected chi connectivity index (χ0v) is 13.3. The van der Waals surface area contributed by atoms with Crippen LogP contribution in [0.15, 0.2) is 29.6 Å². The molecule has 0 spiro atoms. The van der Waals surface area contributed by atoms with Gasteiger partial charge in [0.15, 0.2) is 18.4 Å². The number of pyridine rings is 1. The molecule has 1 saturated heterocycles. The van der Waals surface area contributed by atoms with Crippen molar-refractivity contribution in [3.63, 3.8) is 0 Å².